The van der Waals surface area contributed by atoms with Crippen LogP contribution in [0.3, 0.4) is 0 Å². The van der Waals surface area contributed by atoms with E-state index in [2.05, 4.69) is 5.32 Å². The summed E-state index contributed by atoms with van der Waals surface area (Å²) in [5.41, 5.74) is 7.52. The van der Waals surface area contributed by atoms with E-state index in [1.54, 1.807) is 25.3 Å². The molecule has 0 radical (unpaired) electrons. The quantitative estimate of drug-likeness (QED) is 0.738. The maximum atomic E-state index is 10.9. The molecule has 6 heteroatoms. The van der Waals surface area contributed by atoms with Gasteiger partial charge < -0.3 is 20.9 Å². The predicted molar refractivity (Wildman–Crippen MR) is 83.1 cm³/mol. The van der Waals surface area contributed by atoms with E-state index >= 15 is 0 Å². The van der Waals surface area contributed by atoms with Gasteiger partial charge in [-0.3, -0.25) is 0 Å². The highest BCUT2D eigenvalue weighted by molar-refractivity contribution is 6.31. The highest BCUT2D eigenvalue weighted by atomic mass is 35.5. The largest absolute Gasteiger partial charge is 0.496 e. The van der Waals surface area contributed by atoms with Crippen LogP contribution in [0.4, 0.5) is 11.4 Å². The van der Waals surface area contributed by atoms with Crippen LogP contribution < -0.4 is 15.8 Å². The number of nitrogens with two attached hydrogens (primary N) is 1. The van der Waals surface area contributed by atoms with Crippen molar-refractivity contribution >= 4 is 28.9 Å². The summed E-state index contributed by atoms with van der Waals surface area (Å²) in [6.07, 6.45) is 0. The van der Waals surface area contributed by atoms with Gasteiger partial charge in [0.25, 0.3) is 0 Å². The minimum absolute atomic E-state index is 0.0795. The molecule has 0 saturated carbocycles. The lowest BCUT2D eigenvalue weighted by Crippen LogP contribution is -2.05. The van der Waals surface area contributed by atoms with Gasteiger partial charge in [-0.25, -0.2) is 4.79 Å². The van der Waals surface area contributed by atoms with E-state index in [1.165, 1.54) is 6.07 Å². The van der Waals surface area contributed by atoms with E-state index in [0.29, 0.717) is 23.0 Å². The van der Waals surface area contributed by atoms with Crippen molar-refractivity contribution in [2.45, 2.75) is 6.54 Å². The first-order valence-electron chi connectivity index (χ1n) is 6.21. The lowest BCUT2D eigenvalue weighted by atomic mass is 10.1. The average Bonchev–Trinajstić information content (AvgIpc) is 2.45. The summed E-state index contributed by atoms with van der Waals surface area (Å²) in [4.78, 5) is 10.9. The number of carbonyl (C=O) groups is 1. The third-order valence-electron chi connectivity index (χ3n) is 3.05. The highest BCUT2D eigenvalue weighted by Crippen LogP contribution is 2.27. The molecule has 0 bridgehead atoms. The Hall–Kier alpha value is -2.40. The summed E-state index contributed by atoms with van der Waals surface area (Å²) in [6.45, 7) is 0.439. The second-order valence-electron chi connectivity index (χ2n) is 4.38. The molecule has 0 fully saturated rings. The normalized spacial score (nSPS) is 10.2. The van der Waals surface area contributed by atoms with Crippen LogP contribution in [0.15, 0.2) is 36.4 Å². The van der Waals surface area contributed by atoms with Crippen LogP contribution in [0.5, 0.6) is 5.75 Å². The maximum absolute atomic E-state index is 10.9. The lowest BCUT2D eigenvalue weighted by molar-refractivity contribution is 0.0698. The molecule has 4 N–H and O–H groups in total. The third kappa shape index (κ3) is 3.38. The third-order valence-corrected chi connectivity index (χ3v) is 3.40. The van der Waals surface area contributed by atoms with Gasteiger partial charge in [0.05, 0.1) is 12.7 Å². The Morgan fingerprint density at radius 1 is 1.38 bits per heavy atom. The fourth-order valence-electron chi connectivity index (χ4n) is 1.96. The fraction of sp³-hybridized carbons (Fsp3) is 0.133. The summed E-state index contributed by atoms with van der Waals surface area (Å²) in [7, 11) is 1.58. The number of nitrogen functional groups attached to an aromatic ring is 1. The van der Waals surface area contributed by atoms with Gasteiger partial charge in [0.15, 0.2) is 0 Å². The maximum Gasteiger partial charge on any atom is 0.337 e. The Balaban J connectivity index is 2.17. The zero-order valence-corrected chi connectivity index (χ0v) is 12.1. The zero-order chi connectivity index (χ0) is 15.4. The van der Waals surface area contributed by atoms with Crippen LogP contribution in [0, 0.1) is 0 Å². The molecular weight excluding hydrogens is 292 g/mol. The number of halogens is 1. The van der Waals surface area contributed by atoms with Gasteiger partial charge in [-0.2, -0.15) is 0 Å². The topological polar surface area (TPSA) is 84.6 Å². The van der Waals surface area contributed by atoms with E-state index < -0.39 is 5.97 Å². The number of methoxy groups -OCH3 is 1. The summed E-state index contributed by atoms with van der Waals surface area (Å²) >= 11 is 6.15. The van der Waals surface area contributed by atoms with E-state index in [1.807, 2.05) is 12.1 Å². The van der Waals surface area contributed by atoms with Crippen LogP contribution in [0.1, 0.15) is 15.9 Å². The Kier molecular flexibility index (Phi) is 4.55. The van der Waals surface area contributed by atoms with Crippen molar-refractivity contribution in [1.82, 2.24) is 0 Å². The number of hydrogen-bond donors (Lipinski definition) is 3. The van der Waals surface area contributed by atoms with Gasteiger partial charge in [-0.15, -0.1) is 0 Å². The number of rotatable bonds is 5. The Labute approximate surface area is 127 Å². The minimum Gasteiger partial charge on any atom is -0.496 e. The molecule has 0 spiro atoms. The molecule has 2 rings (SSSR count). The summed E-state index contributed by atoms with van der Waals surface area (Å²) < 4.78 is 5.26. The molecule has 21 heavy (non-hydrogen) atoms. The number of aromatic carboxylic acids is 1. The van der Waals surface area contributed by atoms with Crippen LogP contribution in [0.25, 0.3) is 0 Å². The SMILES string of the molecule is COc1cccc(Cl)c1CNc1ccc(C(=O)O)c(N)c1. The second-order valence-corrected chi connectivity index (χ2v) is 4.79. The molecular formula is C15H15ClN2O3. The number of ether oxygens (including phenoxy) is 1. The van der Waals surface area contributed by atoms with E-state index in [-0.39, 0.29) is 11.3 Å². The molecule has 0 amide bonds. The lowest BCUT2D eigenvalue weighted by Gasteiger charge is -2.13. The number of benzene rings is 2. The van der Waals surface area contributed by atoms with E-state index in [0.717, 1.165) is 5.56 Å². The second kappa shape index (κ2) is 6.37. The van der Waals surface area contributed by atoms with Crippen molar-refractivity contribution in [1.29, 1.82) is 0 Å². The molecule has 2 aromatic carbocycles. The number of carboxylic acid groups (broad SMARTS) is 1. The van der Waals surface area contributed by atoms with Gasteiger partial charge in [0.2, 0.25) is 0 Å². The Morgan fingerprint density at radius 3 is 2.76 bits per heavy atom. The molecule has 5 nitrogen and oxygen atoms in total. The molecule has 0 atom stereocenters. The molecule has 0 aliphatic heterocycles. The summed E-state index contributed by atoms with van der Waals surface area (Å²) in [5, 5.41) is 12.7. The number of nitrogens with one attached hydrogen (secondary N) is 1. The number of carboxylic acids is 1. The van der Waals surface area contributed by atoms with Crippen molar-refractivity contribution in [3.05, 3.63) is 52.5 Å². The van der Waals surface area contributed by atoms with Crippen LogP contribution in [0.2, 0.25) is 5.02 Å². The standard InChI is InChI=1S/C15H15ClN2O3/c1-21-14-4-2-3-12(16)11(14)8-18-9-5-6-10(15(19)20)13(17)7-9/h2-7,18H,8,17H2,1H3,(H,19,20). The predicted octanol–water partition coefficient (Wildman–Crippen LogP) is 3.24. The monoisotopic (exact) mass is 306 g/mol. The molecule has 2 aromatic rings. The Bertz CT molecular complexity index is 674. The minimum atomic E-state index is -1.05. The van der Waals surface area contributed by atoms with Crippen LogP contribution in [-0.4, -0.2) is 18.2 Å². The Morgan fingerprint density at radius 2 is 2.14 bits per heavy atom. The van der Waals surface area contributed by atoms with E-state index in [9.17, 15) is 4.79 Å². The van der Waals surface area contributed by atoms with Gasteiger partial charge in [-0.1, -0.05) is 17.7 Å². The van der Waals surface area contributed by atoms with Crippen molar-refractivity contribution in [3.63, 3.8) is 0 Å². The van der Waals surface area contributed by atoms with Crippen molar-refractivity contribution in [2.24, 2.45) is 0 Å². The molecule has 0 aliphatic carbocycles. The first-order valence-corrected chi connectivity index (χ1v) is 6.58. The smallest absolute Gasteiger partial charge is 0.337 e. The van der Waals surface area contributed by atoms with Crippen LogP contribution in [-0.2, 0) is 6.54 Å². The molecule has 0 aliphatic rings. The summed E-state index contributed by atoms with van der Waals surface area (Å²) in [5.74, 6) is -0.364. The van der Waals surface area contributed by atoms with Crippen molar-refractivity contribution in [2.75, 3.05) is 18.2 Å². The first kappa shape index (κ1) is 15.0. The first-order chi connectivity index (χ1) is 10.0. The molecule has 0 saturated heterocycles. The molecule has 110 valence electrons. The van der Waals surface area contributed by atoms with Crippen molar-refractivity contribution in [3.8, 4) is 5.75 Å². The van der Waals surface area contributed by atoms with Gasteiger partial charge >= 0.3 is 5.97 Å². The summed E-state index contributed by atoms with van der Waals surface area (Å²) in [6, 6.07) is 10.1. The highest BCUT2D eigenvalue weighted by Gasteiger charge is 2.10. The van der Waals surface area contributed by atoms with Gasteiger partial charge in [-0.05, 0) is 30.3 Å². The fourth-order valence-corrected chi connectivity index (χ4v) is 2.19. The molecule has 0 heterocycles. The molecule has 0 unspecified atom stereocenters. The average molecular weight is 307 g/mol. The zero-order valence-electron chi connectivity index (χ0n) is 11.4. The van der Waals surface area contributed by atoms with Gasteiger partial charge in [0.1, 0.15) is 5.75 Å². The number of anilines is 2. The van der Waals surface area contributed by atoms with E-state index in [4.69, 9.17) is 27.2 Å². The van der Waals surface area contributed by atoms with Crippen LogP contribution >= 0.6 is 11.6 Å². The molecule has 0 aromatic heterocycles. The number of hydrogen-bond acceptors (Lipinski definition) is 4. The van der Waals surface area contributed by atoms with Crippen molar-refractivity contribution < 1.29 is 14.6 Å². The van der Waals surface area contributed by atoms with Gasteiger partial charge in [0, 0.05) is 28.5 Å².